The van der Waals surface area contributed by atoms with Gasteiger partial charge in [0.05, 0.1) is 11.3 Å². The quantitative estimate of drug-likeness (QED) is 0.102. The van der Waals surface area contributed by atoms with Crippen LogP contribution in [0.2, 0.25) is 0 Å². The molecule has 9 nitrogen and oxygen atoms in total. The molecular formula is C37H49N5O4. The standard InChI is InChI=1S/C37H49N5O4/c1-5-9-14-26(7-3)24-42(25-27(8-4)15-10-6-2)30-19-18-29-20-31(35(44)46-33(29)21-30)32-22-34(43)40-36(39-32)41-37(45)38-23-28-16-12-11-13-17-28/h11-13,16-22,26-27H,5-10,14-15,23-25H2,1-4H3,(H3,38,39,40,41,43,45). The molecule has 2 aromatic heterocycles. The molecule has 0 saturated carbocycles. The van der Waals surface area contributed by atoms with Gasteiger partial charge in [-0.25, -0.2) is 14.6 Å². The summed E-state index contributed by atoms with van der Waals surface area (Å²) >= 11 is 0. The van der Waals surface area contributed by atoms with Gasteiger partial charge in [0.15, 0.2) is 0 Å². The molecule has 0 bridgehead atoms. The minimum atomic E-state index is -0.599. The number of H-pyrrole nitrogens is 1. The van der Waals surface area contributed by atoms with Crippen LogP contribution in [0, 0.1) is 11.8 Å². The molecule has 2 heterocycles. The number of hydrogen-bond acceptors (Lipinski definition) is 6. The van der Waals surface area contributed by atoms with Crippen molar-refractivity contribution < 1.29 is 9.21 Å². The second-order valence-corrected chi connectivity index (χ2v) is 12.2. The molecule has 2 amide bonds. The molecule has 4 rings (SSSR count). The van der Waals surface area contributed by atoms with Gasteiger partial charge in [-0.3, -0.25) is 15.1 Å². The number of anilines is 2. The van der Waals surface area contributed by atoms with Crippen molar-refractivity contribution in [1.82, 2.24) is 15.3 Å². The molecular weight excluding hydrogens is 578 g/mol. The maximum Gasteiger partial charge on any atom is 0.345 e. The van der Waals surface area contributed by atoms with E-state index in [9.17, 15) is 14.4 Å². The fourth-order valence-electron chi connectivity index (χ4n) is 5.80. The number of urea groups is 1. The highest BCUT2D eigenvalue weighted by atomic mass is 16.4. The number of benzene rings is 2. The first-order chi connectivity index (χ1) is 22.3. The number of carbonyl (C=O) groups excluding carboxylic acids is 1. The fourth-order valence-corrected chi connectivity index (χ4v) is 5.80. The van der Waals surface area contributed by atoms with Crippen LogP contribution in [-0.4, -0.2) is 29.1 Å². The molecule has 46 heavy (non-hydrogen) atoms. The summed E-state index contributed by atoms with van der Waals surface area (Å²) in [4.78, 5) is 47.6. The molecule has 4 aromatic rings. The molecule has 2 atom stereocenters. The molecule has 246 valence electrons. The van der Waals surface area contributed by atoms with E-state index in [1.54, 1.807) is 6.07 Å². The van der Waals surface area contributed by atoms with E-state index in [4.69, 9.17) is 4.42 Å². The number of unbranched alkanes of at least 4 members (excludes halogenated alkanes) is 2. The average Bonchev–Trinajstić information content (AvgIpc) is 3.06. The third-order valence-corrected chi connectivity index (χ3v) is 8.67. The molecule has 9 heteroatoms. The number of aromatic amines is 1. The van der Waals surface area contributed by atoms with Crippen molar-refractivity contribution in [2.75, 3.05) is 23.3 Å². The minimum absolute atomic E-state index is 0.0688. The van der Waals surface area contributed by atoms with E-state index in [2.05, 4.69) is 59.3 Å². The van der Waals surface area contributed by atoms with Gasteiger partial charge in [0.1, 0.15) is 5.58 Å². The second-order valence-electron chi connectivity index (χ2n) is 12.2. The Morgan fingerprint density at radius 1 is 0.891 bits per heavy atom. The van der Waals surface area contributed by atoms with E-state index in [1.165, 1.54) is 44.6 Å². The van der Waals surface area contributed by atoms with Crippen molar-refractivity contribution in [3.63, 3.8) is 0 Å². The largest absolute Gasteiger partial charge is 0.422 e. The van der Waals surface area contributed by atoms with Gasteiger partial charge in [0, 0.05) is 42.8 Å². The van der Waals surface area contributed by atoms with Gasteiger partial charge in [-0.1, -0.05) is 96.6 Å². The van der Waals surface area contributed by atoms with Crippen molar-refractivity contribution in [1.29, 1.82) is 0 Å². The summed E-state index contributed by atoms with van der Waals surface area (Å²) in [6, 6.07) is 17.9. The summed E-state index contributed by atoms with van der Waals surface area (Å²) in [7, 11) is 0. The van der Waals surface area contributed by atoms with Crippen LogP contribution < -0.4 is 26.7 Å². The Bertz CT molecular complexity index is 1650. The lowest BCUT2D eigenvalue weighted by Gasteiger charge is -2.32. The highest BCUT2D eigenvalue weighted by molar-refractivity contribution is 5.88. The Morgan fingerprint density at radius 2 is 1.57 bits per heavy atom. The van der Waals surface area contributed by atoms with Crippen LogP contribution in [0.5, 0.6) is 0 Å². The van der Waals surface area contributed by atoms with E-state index in [0.717, 1.165) is 42.6 Å². The van der Waals surface area contributed by atoms with Crippen LogP contribution in [0.15, 0.2) is 74.7 Å². The van der Waals surface area contributed by atoms with Gasteiger partial charge in [0.25, 0.3) is 5.56 Å². The number of rotatable bonds is 17. The van der Waals surface area contributed by atoms with Gasteiger partial charge in [0.2, 0.25) is 5.95 Å². The molecule has 0 spiro atoms. The summed E-state index contributed by atoms with van der Waals surface area (Å²) in [6.07, 6.45) is 9.49. The molecule has 2 aromatic carbocycles. The van der Waals surface area contributed by atoms with Crippen molar-refractivity contribution in [3.05, 3.63) is 87.0 Å². The Hall–Kier alpha value is -4.40. The van der Waals surface area contributed by atoms with Crippen LogP contribution in [0.3, 0.4) is 0 Å². The summed E-state index contributed by atoms with van der Waals surface area (Å²) in [5.74, 6) is 1.12. The van der Waals surface area contributed by atoms with Crippen LogP contribution >= 0.6 is 0 Å². The number of hydrogen-bond donors (Lipinski definition) is 3. The monoisotopic (exact) mass is 627 g/mol. The molecule has 0 radical (unpaired) electrons. The highest BCUT2D eigenvalue weighted by Crippen LogP contribution is 2.28. The van der Waals surface area contributed by atoms with E-state index >= 15 is 0 Å². The molecule has 0 aliphatic heterocycles. The lowest BCUT2D eigenvalue weighted by molar-refractivity contribution is 0.251. The topological polar surface area (TPSA) is 120 Å². The SMILES string of the molecule is CCCCC(CC)CN(CC(CC)CCCC)c1ccc2cc(-c3cc(=O)[nH]c(NC(=O)NCc4ccccc4)n3)c(=O)oc2c1. The first-order valence-electron chi connectivity index (χ1n) is 16.9. The smallest absolute Gasteiger partial charge is 0.345 e. The number of aromatic nitrogens is 2. The lowest BCUT2D eigenvalue weighted by atomic mass is 9.95. The van der Waals surface area contributed by atoms with Crippen LogP contribution in [0.25, 0.3) is 22.2 Å². The predicted molar refractivity (Wildman–Crippen MR) is 187 cm³/mol. The summed E-state index contributed by atoms with van der Waals surface area (Å²) in [5, 5.41) is 6.01. The first kappa shape index (κ1) is 34.5. The third-order valence-electron chi connectivity index (χ3n) is 8.67. The Labute approximate surface area is 271 Å². The van der Waals surface area contributed by atoms with Gasteiger partial charge < -0.3 is 14.6 Å². The Kier molecular flexibility index (Phi) is 13.0. The normalized spacial score (nSPS) is 12.5. The van der Waals surface area contributed by atoms with Gasteiger partial charge in [-0.05, 0) is 48.4 Å². The Morgan fingerprint density at radius 3 is 2.20 bits per heavy atom. The van der Waals surface area contributed by atoms with Gasteiger partial charge in [-0.2, -0.15) is 0 Å². The molecule has 0 aliphatic carbocycles. The third kappa shape index (κ3) is 9.80. The molecule has 2 unspecified atom stereocenters. The lowest BCUT2D eigenvalue weighted by Crippen LogP contribution is -2.34. The number of nitrogens with one attached hydrogen (secondary N) is 3. The number of fused-ring (bicyclic) bond motifs is 1. The van der Waals surface area contributed by atoms with Crippen LogP contribution in [0.4, 0.5) is 16.4 Å². The average molecular weight is 628 g/mol. The zero-order valence-corrected chi connectivity index (χ0v) is 27.7. The van der Waals surface area contributed by atoms with E-state index < -0.39 is 17.2 Å². The number of nitrogens with zero attached hydrogens (tertiary/aromatic N) is 2. The van der Waals surface area contributed by atoms with E-state index in [0.29, 0.717) is 24.0 Å². The summed E-state index contributed by atoms with van der Waals surface area (Å²) in [6.45, 7) is 11.3. The zero-order chi connectivity index (χ0) is 32.9. The molecule has 3 N–H and O–H groups in total. The Balaban J connectivity index is 1.58. The zero-order valence-electron chi connectivity index (χ0n) is 27.7. The summed E-state index contributed by atoms with van der Waals surface area (Å²) < 4.78 is 5.84. The second kappa shape index (κ2) is 17.3. The maximum absolute atomic E-state index is 13.3. The van der Waals surface area contributed by atoms with Crippen molar-refractivity contribution >= 4 is 28.6 Å². The van der Waals surface area contributed by atoms with Crippen molar-refractivity contribution in [2.45, 2.75) is 85.6 Å². The summed E-state index contributed by atoms with van der Waals surface area (Å²) in [5.41, 5.74) is 1.63. The van der Waals surface area contributed by atoms with Crippen LogP contribution in [-0.2, 0) is 6.54 Å². The molecule has 0 aliphatic rings. The molecule has 0 saturated heterocycles. The van der Waals surface area contributed by atoms with Crippen LogP contribution in [0.1, 0.15) is 84.6 Å². The van der Waals surface area contributed by atoms with E-state index in [1.807, 2.05) is 42.5 Å². The van der Waals surface area contributed by atoms with Gasteiger partial charge >= 0.3 is 11.7 Å². The number of amides is 2. The highest BCUT2D eigenvalue weighted by Gasteiger charge is 2.19. The fraction of sp³-hybridized carbons (Fsp3) is 0.459. The predicted octanol–water partition coefficient (Wildman–Crippen LogP) is 8.10. The first-order valence-corrected chi connectivity index (χ1v) is 16.9. The number of carbonyl (C=O) groups is 1. The van der Waals surface area contributed by atoms with Crippen molar-refractivity contribution in [2.24, 2.45) is 11.8 Å². The molecule has 0 fully saturated rings. The van der Waals surface area contributed by atoms with E-state index in [-0.39, 0.29) is 17.2 Å². The maximum atomic E-state index is 13.3. The minimum Gasteiger partial charge on any atom is -0.422 e. The van der Waals surface area contributed by atoms with Crippen molar-refractivity contribution in [3.8, 4) is 11.3 Å². The van der Waals surface area contributed by atoms with Gasteiger partial charge in [-0.15, -0.1) is 0 Å².